The van der Waals surface area contributed by atoms with Crippen LogP contribution in [0.4, 0.5) is 0 Å². The molecule has 0 aromatic carbocycles. The molecule has 0 aromatic rings. The standard InChI is InChI=1S/C10H23NO/c1-9(2)8-11(4)7-5-6-10(3)12/h9-10,12H,5-8H2,1-4H3. The van der Waals surface area contributed by atoms with Gasteiger partial charge in [-0.05, 0) is 39.3 Å². The molecule has 0 rings (SSSR count). The second-order valence-corrected chi connectivity index (χ2v) is 4.15. The first-order chi connectivity index (χ1) is 5.52. The predicted molar refractivity (Wildman–Crippen MR) is 53.2 cm³/mol. The summed E-state index contributed by atoms with van der Waals surface area (Å²) in [6.07, 6.45) is 1.88. The lowest BCUT2D eigenvalue weighted by atomic mass is 10.2. The summed E-state index contributed by atoms with van der Waals surface area (Å²) in [5.74, 6) is 0.738. The molecule has 0 saturated heterocycles. The van der Waals surface area contributed by atoms with E-state index in [0.717, 1.165) is 31.8 Å². The molecular weight excluding hydrogens is 150 g/mol. The van der Waals surface area contributed by atoms with Crippen molar-refractivity contribution in [3.8, 4) is 0 Å². The highest BCUT2D eigenvalue weighted by Crippen LogP contribution is 2.00. The third-order valence-electron chi connectivity index (χ3n) is 1.84. The molecule has 0 spiro atoms. The molecule has 0 fully saturated rings. The minimum absolute atomic E-state index is 0.141. The second kappa shape index (κ2) is 6.44. The topological polar surface area (TPSA) is 23.5 Å². The molecule has 1 atom stereocenters. The fourth-order valence-electron chi connectivity index (χ4n) is 1.37. The van der Waals surface area contributed by atoms with Crippen LogP contribution in [-0.2, 0) is 0 Å². The number of aliphatic hydroxyl groups is 1. The van der Waals surface area contributed by atoms with Crippen molar-refractivity contribution in [1.29, 1.82) is 0 Å². The Morgan fingerprint density at radius 2 is 1.83 bits per heavy atom. The van der Waals surface area contributed by atoms with Crippen molar-refractivity contribution in [2.45, 2.75) is 39.7 Å². The van der Waals surface area contributed by atoms with Gasteiger partial charge in [-0.3, -0.25) is 0 Å². The van der Waals surface area contributed by atoms with Crippen LogP contribution >= 0.6 is 0 Å². The van der Waals surface area contributed by atoms with Crippen LogP contribution in [0.3, 0.4) is 0 Å². The highest BCUT2D eigenvalue weighted by atomic mass is 16.3. The normalized spacial score (nSPS) is 14.2. The van der Waals surface area contributed by atoms with E-state index in [1.165, 1.54) is 0 Å². The van der Waals surface area contributed by atoms with Crippen LogP contribution < -0.4 is 0 Å². The molecule has 2 nitrogen and oxygen atoms in total. The molecule has 0 aliphatic heterocycles. The Morgan fingerprint density at radius 3 is 2.25 bits per heavy atom. The van der Waals surface area contributed by atoms with Crippen LogP contribution in [0.5, 0.6) is 0 Å². The van der Waals surface area contributed by atoms with E-state index in [1.54, 1.807) is 0 Å². The second-order valence-electron chi connectivity index (χ2n) is 4.15. The maximum absolute atomic E-state index is 9.03. The molecule has 0 amide bonds. The molecule has 2 heteroatoms. The molecule has 1 N–H and O–H groups in total. The van der Waals surface area contributed by atoms with E-state index in [4.69, 9.17) is 5.11 Å². The zero-order valence-electron chi connectivity index (χ0n) is 8.88. The van der Waals surface area contributed by atoms with Crippen LogP contribution in [-0.4, -0.2) is 36.2 Å². The summed E-state index contributed by atoms with van der Waals surface area (Å²) in [5.41, 5.74) is 0. The number of hydrogen-bond acceptors (Lipinski definition) is 2. The lowest BCUT2D eigenvalue weighted by Gasteiger charge is -2.18. The summed E-state index contributed by atoms with van der Waals surface area (Å²) >= 11 is 0. The van der Waals surface area contributed by atoms with Gasteiger partial charge in [-0.25, -0.2) is 0 Å². The lowest BCUT2D eigenvalue weighted by Crippen LogP contribution is -2.24. The van der Waals surface area contributed by atoms with E-state index in [9.17, 15) is 0 Å². The maximum atomic E-state index is 9.03. The molecule has 0 saturated carbocycles. The van der Waals surface area contributed by atoms with Gasteiger partial charge < -0.3 is 10.0 Å². The van der Waals surface area contributed by atoms with Crippen LogP contribution in [0.1, 0.15) is 33.6 Å². The number of nitrogens with zero attached hydrogens (tertiary/aromatic N) is 1. The SMILES string of the molecule is CC(C)CN(C)CCCC(C)O. The van der Waals surface area contributed by atoms with Gasteiger partial charge in [0.25, 0.3) is 0 Å². The number of rotatable bonds is 6. The minimum atomic E-state index is -0.141. The molecule has 12 heavy (non-hydrogen) atoms. The monoisotopic (exact) mass is 173 g/mol. The van der Waals surface area contributed by atoms with Gasteiger partial charge in [-0.1, -0.05) is 13.8 Å². The van der Waals surface area contributed by atoms with Gasteiger partial charge >= 0.3 is 0 Å². The van der Waals surface area contributed by atoms with Crippen molar-refractivity contribution in [2.24, 2.45) is 5.92 Å². The summed E-state index contributed by atoms with van der Waals surface area (Å²) in [6, 6.07) is 0. The quantitative estimate of drug-likeness (QED) is 0.661. The van der Waals surface area contributed by atoms with Crippen molar-refractivity contribution >= 4 is 0 Å². The molecule has 0 aromatic heterocycles. The summed E-state index contributed by atoms with van der Waals surface area (Å²) in [4.78, 5) is 2.33. The Labute approximate surface area is 76.6 Å². The first-order valence-electron chi connectivity index (χ1n) is 4.89. The van der Waals surface area contributed by atoms with Crippen molar-refractivity contribution in [3.05, 3.63) is 0 Å². The Hall–Kier alpha value is -0.0800. The summed E-state index contributed by atoms with van der Waals surface area (Å²) < 4.78 is 0. The van der Waals surface area contributed by atoms with Gasteiger partial charge in [0.05, 0.1) is 6.10 Å². The van der Waals surface area contributed by atoms with Gasteiger partial charge in [-0.2, -0.15) is 0 Å². The van der Waals surface area contributed by atoms with Gasteiger partial charge in [0.1, 0.15) is 0 Å². The highest BCUT2D eigenvalue weighted by molar-refractivity contribution is 4.56. The Kier molecular flexibility index (Phi) is 6.39. The minimum Gasteiger partial charge on any atom is -0.393 e. The first kappa shape index (κ1) is 11.9. The van der Waals surface area contributed by atoms with Gasteiger partial charge in [0.15, 0.2) is 0 Å². The van der Waals surface area contributed by atoms with E-state index in [1.807, 2.05) is 6.92 Å². The van der Waals surface area contributed by atoms with Gasteiger partial charge in [0.2, 0.25) is 0 Å². The van der Waals surface area contributed by atoms with Crippen molar-refractivity contribution in [3.63, 3.8) is 0 Å². The summed E-state index contributed by atoms with van der Waals surface area (Å²) in [5, 5.41) is 9.03. The zero-order valence-corrected chi connectivity index (χ0v) is 8.88. The van der Waals surface area contributed by atoms with E-state index < -0.39 is 0 Å². The Bertz CT molecular complexity index is 102. The van der Waals surface area contributed by atoms with Crippen molar-refractivity contribution < 1.29 is 5.11 Å². The summed E-state index contributed by atoms with van der Waals surface area (Å²) in [7, 11) is 2.14. The Balaban J connectivity index is 3.25. The predicted octanol–water partition coefficient (Wildman–Crippen LogP) is 1.74. The van der Waals surface area contributed by atoms with E-state index in [2.05, 4.69) is 25.8 Å². The van der Waals surface area contributed by atoms with Crippen molar-refractivity contribution in [1.82, 2.24) is 4.90 Å². The number of hydrogen-bond donors (Lipinski definition) is 1. The molecular formula is C10H23NO. The largest absolute Gasteiger partial charge is 0.393 e. The molecule has 0 aliphatic carbocycles. The van der Waals surface area contributed by atoms with E-state index >= 15 is 0 Å². The third kappa shape index (κ3) is 8.02. The van der Waals surface area contributed by atoms with Crippen LogP contribution in [0.2, 0.25) is 0 Å². The van der Waals surface area contributed by atoms with Gasteiger partial charge in [0, 0.05) is 6.54 Å². The van der Waals surface area contributed by atoms with E-state index in [-0.39, 0.29) is 6.10 Å². The molecule has 0 bridgehead atoms. The van der Waals surface area contributed by atoms with Crippen LogP contribution in [0.15, 0.2) is 0 Å². The third-order valence-corrected chi connectivity index (χ3v) is 1.84. The molecule has 0 aliphatic rings. The van der Waals surface area contributed by atoms with Crippen LogP contribution in [0, 0.1) is 5.92 Å². The zero-order chi connectivity index (χ0) is 9.56. The fraction of sp³-hybridized carbons (Fsp3) is 1.00. The smallest absolute Gasteiger partial charge is 0.0512 e. The fourth-order valence-corrected chi connectivity index (χ4v) is 1.37. The molecule has 1 unspecified atom stereocenters. The lowest BCUT2D eigenvalue weighted by molar-refractivity contribution is 0.173. The summed E-state index contributed by atoms with van der Waals surface area (Å²) in [6.45, 7) is 8.56. The number of aliphatic hydroxyl groups excluding tert-OH is 1. The van der Waals surface area contributed by atoms with Gasteiger partial charge in [-0.15, -0.1) is 0 Å². The molecule has 0 heterocycles. The molecule has 74 valence electrons. The average Bonchev–Trinajstić information content (AvgIpc) is 1.84. The highest BCUT2D eigenvalue weighted by Gasteiger charge is 2.02. The Morgan fingerprint density at radius 1 is 1.25 bits per heavy atom. The van der Waals surface area contributed by atoms with Crippen LogP contribution in [0.25, 0.3) is 0 Å². The van der Waals surface area contributed by atoms with E-state index in [0.29, 0.717) is 0 Å². The van der Waals surface area contributed by atoms with Crippen molar-refractivity contribution in [2.75, 3.05) is 20.1 Å². The first-order valence-corrected chi connectivity index (χ1v) is 4.89. The maximum Gasteiger partial charge on any atom is 0.0512 e. The molecule has 0 radical (unpaired) electrons. The average molecular weight is 173 g/mol.